The lowest BCUT2D eigenvalue weighted by molar-refractivity contribution is -0.154. The van der Waals surface area contributed by atoms with E-state index in [9.17, 15) is 34.2 Å². The number of rotatable bonds is 15. The van der Waals surface area contributed by atoms with E-state index in [-0.39, 0.29) is 53.6 Å². The van der Waals surface area contributed by atoms with Crippen LogP contribution in [0.1, 0.15) is 146 Å². The minimum absolute atomic E-state index is 0.0111. The summed E-state index contributed by atoms with van der Waals surface area (Å²) < 4.78 is 0. The van der Waals surface area contributed by atoms with Crippen molar-refractivity contribution >= 4 is 29.5 Å². The summed E-state index contributed by atoms with van der Waals surface area (Å²) in [5.74, 6) is -4.63. The molecule has 0 aromatic carbocycles. The molecule has 2 aliphatic carbocycles. The fourth-order valence-electron chi connectivity index (χ4n) is 7.29. The molecule has 50 heavy (non-hydrogen) atoms. The second-order valence-corrected chi connectivity index (χ2v) is 18.3. The number of aliphatic hydroxyl groups is 2. The zero-order valence-corrected chi connectivity index (χ0v) is 32.2. The number of likely N-dealkylation sites (tertiary alicyclic amines) is 1. The van der Waals surface area contributed by atoms with Crippen LogP contribution in [0.5, 0.6) is 0 Å². The minimum atomic E-state index is -2.11. The molecular formula is C38H67N5O7. The molecule has 4 atom stereocenters. The van der Waals surface area contributed by atoms with Gasteiger partial charge in [0.25, 0.3) is 5.91 Å². The van der Waals surface area contributed by atoms with E-state index in [1.54, 1.807) is 0 Å². The van der Waals surface area contributed by atoms with Gasteiger partial charge in [0.05, 0.1) is 6.04 Å². The Morgan fingerprint density at radius 1 is 0.880 bits per heavy atom. The van der Waals surface area contributed by atoms with Gasteiger partial charge in [-0.25, -0.2) is 4.79 Å². The van der Waals surface area contributed by atoms with Gasteiger partial charge in [-0.15, -0.1) is 0 Å². The molecule has 0 spiro atoms. The Labute approximate surface area is 300 Å². The first-order valence-electron chi connectivity index (χ1n) is 19.0. The molecule has 1 saturated heterocycles. The number of hydrogen-bond donors (Lipinski definition) is 6. The summed E-state index contributed by atoms with van der Waals surface area (Å²) in [5.41, 5.74) is -0.823. The van der Waals surface area contributed by atoms with Crippen LogP contribution < -0.4 is 21.3 Å². The van der Waals surface area contributed by atoms with Crippen molar-refractivity contribution in [3.8, 4) is 0 Å². The largest absolute Gasteiger partial charge is 0.366 e. The van der Waals surface area contributed by atoms with Gasteiger partial charge in [0.2, 0.25) is 17.6 Å². The predicted octanol–water partition coefficient (Wildman–Crippen LogP) is 4.31. The number of amides is 5. The first kappa shape index (κ1) is 41.7. The first-order chi connectivity index (χ1) is 23.0. The van der Waals surface area contributed by atoms with E-state index in [1.165, 1.54) is 11.8 Å². The highest BCUT2D eigenvalue weighted by molar-refractivity contribution is 6.38. The molecule has 4 unspecified atom stereocenters. The molecule has 1 heterocycles. The van der Waals surface area contributed by atoms with Crippen LogP contribution in [0.25, 0.3) is 0 Å². The van der Waals surface area contributed by atoms with Gasteiger partial charge < -0.3 is 36.4 Å². The molecule has 12 nitrogen and oxygen atoms in total. The van der Waals surface area contributed by atoms with Gasteiger partial charge in [0.1, 0.15) is 12.1 Å². The molecular weight excluding hydrogens is 638 g/mol. The number of carbonyl (C=O) groups is 5. The molecule has 0 bridgehead atoms. The summed E-state index contributed by atoms with van der Waals surface area (Å²) in [6.45, 7) is 17.8. The van der Waals surface area contributed by atoms with Crippen LogP contribution in [-0.2, 0) is 19.2 Å². The van der Waals surface area contributed by atoms with E-state index >= 15 is 0 Å². The standard InChI is InChI=1S/C38H67N5O7/c1-24(2)25-22-28(31(45)40-27(16-21-37(9,49)50)29(44)32(46)39-26-14-15-26)43(23-25)33(47)30(36(6,7)8)41-34(48)42-38(18-11-10-12-19-38)20-13-17-35(3,4)5/h24-28,30,49-50H,10-23H2,1-9H3,(H,39,46)(H,40,45)(H2,41,42,48). The molecule has 5 amide bonds. The van der Waals surface area contributed by atoms with Crippen molar-refractivity contribution in [3.05, 3.63) is 0 Å². The quantitative estimate of drug-likeness (QED) is 0.109. The normalized spacial score (nSPS) is 22.4. The maximum atomic E-state index is 14.5. The van der Waals surface area contributed by atoms with Gasteiger partial charge in [-0.1, -0.05) is 81.1 Å². The Bertz CT molecular complexity index is 1210. The van der Waals surface area contributed by atoms with Gasteiger partial charge >= 0.3 is 6.03 Å². The maximum absolute atomic E-state index is 14.5. The highest BCUT2D eigenvalue weighted by atomic mass is 16.5. The van der Waals surface area contributed by atoms with E-state index in [2.05, 4.69) is 42.0 Å². The third-order valence-electron chi connectivity index (χ3n) is 10.7. The van der Waals surface area contributed by atoms with Crippen LogP contribution in [0.2, 0.25) is 0 Å². The second kappa shape index (κ2) is 16.7. The lowest BCUT2D eigenvalue weighted by atomic mass is 9.76. The van der Waals surface area contributed by atoms with Crippen LogP contribution in [0, 0.1) is 22.7 Å². The highest BCUT2D eigenvalue weighted by Gasteiger charge is 2.47. The number of carbonyl (C=O) groups excluding carboxylic acids is 5. The topological polar surface area (TPSA) is 177 Å². The van der Waals surface area contributed by atoms with Gasteiger partial charge in [-0.3, -0.25) is 19.2 Å². The first-order valence-corrected chi connectivity index (χ1v) is 19.0. The molecule has 3 rings (SSSR count). The predicted molar refractivity (Wildman–Crippen MR) is 193 cm³/mol. The fourth-order valence-corrected chi connectivity index (χ4v) is 7.29. The van der Waals surface area contributed by atoms with Crippen LogP contribution in [-0.4, -0.2) is 86.7 Å². The number of Topliss-reactive ketones (excluding diaryl/α,β-unsaturated/α-hetero) is 1. The van der Waals surface area contributed by atoms with Crippen molar-refractivity contribution in [3.63, 3.8) is 0 Å². The molecule has 0 aromatic rings. The summed E-state index contributed by atoms with van der Waals surface area (Å²) in [5, 5.41) is 31.5. The van der Waals surface area contributed by atoms with Crippen LogP contribution in [0.4, 0.5) is 4.79 Å². The number of nitrogens with one attached hydrogen (secondary N) is 4. The molecule has 1 aliphatic heterocycles. The molecule has 3 fully saturated rings. The molecule has 0 radical (unpaired) electrons. The molecule has 286 valence electrons. The lowest BCUT2D eigenvalue weighted by Gasteiger charge is -2.40. The van der Waals surface area contributed by atoms with E-state index in [0.29, 0.717) is 13.0 Å². The highest BCUT2D eigenvalue weighted by Crippen LogP contribution is 2.35. The molecule has 0 aromatic heterocycles. The minimum Gasteiger partial charge on any atom is -0.366 e. The zero-order chi connectivity index (χ0) is 37.7. The smallest absolute Gasteiger partial charge is 0.315 e. The summed E-state index contributed by atoms with van der Waals surface area (Å²) >= 11 is 0. The third kappa shape index (κ3) is 12.8. The van der Waals surface area contributed by atoms with Crippen molar-refractivity contribution < 1.29 is 34.2 Å². The molecule has 2 saturated carbocycles. The van der Waals surface area contributed by atoms with Crippen molar-refractivity contribution in [2.75, 3.05) is 6.54 Å². The van der Waals surface area contributed by atoms with Crippen LogP contribution in [0.3, 0.4) is 0 Å². The van der Waals surface area contributed by atoms with E-state index in [4.69, 9.17) is 0 Å². The van der Waals surface area contributed by atoms with Crippen LogP contribution >= 0.6 is 0 Å². The monoisotopic (exact) mass is 706 g/mol. The van der Waals surface area contributed by atoms with Crippen molar-refractivity contribution in [1.29, 1.82) is 0 Å². The van der Waals surface area contributed by atoms with Crippen molar-refractivity contribution in [2.45, 2.75) is 181 Å². The van der Waals surface area contributed by atoms with Crippen molar-refractivity contribution in [1.82, 2.24) is 26.2 Å². The zero-order valence-electron chi connectivity index (χ0n) is 32.2. The van der Waals surface area contributed by atoms with E-state index in [0.717, 1.165) is 64.2 Å². The summed E-state index contributed by atoms with van der Waals surface area (Å²) in [4.78, 5) is 69.7. The lowest BCUT2D eigenvalue weighted by Crippen LogP contribution is -2.62. The Morgan fingerprint density at radius 2 is 1.50 bits per heavy atom. The van der Waals surface area contributed by atoms with E-state index < -0.39 is 46.9 Å². The maximum Gasteiger partial charge on any atom is 0.315 e. The fraction of sp³-hybridized carbons (Fsp3) is 0.868. The van der Waals surface area contributed by atoms with Gasteiger partial charge in [0, 0.05) is 24.5 Å². The Balaban J connectivity index is 1.81. The second-order valence-electron chi connectivity index (χ2n) is 18.3. The van der Waals surface area contributed by atoms with Crippen LogP contribution in [0.15, 0.2) is 0 Å². The Morgan fingerprint density at radius 3 is 2.02 bits per heavy atom. The average Bonchev–Trinajstić information content (AvgIpc) is 3.68. The van der Waals surface area contributed by atoms with E-state index in [1.807, 2.05) is 34.6 Å². The average molecular weight is 706 g/mol. The number of nitrogens with zero attached hydrogens (tertiary/aromatic N) is 1. The molecule has 12 heteroatoms. The summed E-state index contributed by atoms with van der Waals surface area (Å²) in [7, 11) is 0. The van der Waals surface area contributed by atoms with Gasteiger partial charge in [0.15, 0.2) is 5.79 Å². The summed E-state index contributed by atoms with van der Waals surface area (Å²) in [6.07, 6.45) is 9.40. The number of hydrogen-bond acceptors (Lipinski definition) is 7. The Hall–Kier alpha value is -2.73. The molecule has 3 aliphatic rings. The Kier molecular flexibility index (Phi) is 14.0. The van der Waals surface area contributed by atoms with Crippen molar-refractivity contribution in [2.24, 2.45) is 22.7 Å². The van der Waals surface area contributed by atoms with Gasteiger partial charge in [-0.05, 0) is 81.0 Å². The van der Waals surface area contributed by atoms with Gasteiger partial charge in [-0.2, -0.15) is 0 Å². The summed E-state index contributed by atoms with van der Waals surface area (Å²) in [6, 6.07) is -3.65. The number of ketones is 1. The third-order valence-corrected chi connectivity index (χ3v) is 10.7. The SMILES string of the molecule is CC(C)C1CC(C(=O)NC(CCC(C)(O)O)C(=O)C(=O)NC2CC2)N(C(=O)C(NC(=O)NC2(CCCC(C)(C)C)CCCCC2)C(C)(C)C)C1. The number of urea groups is 1. The molecule has 6 N–H and O–H groups in total.